The smallest absolute Gasteiger partial charge is 0.264 e. The Morgan fingerprint density at radius 2 is 1.05 bits per heavy atom. The third kappa shape index (κ3) is 14.2. The van der Waals surface area contributed by atoms with E-state index in [9.17, 15) is 16.8 Å². The van der Waals surface area contributed by atoms with E-state index in [0.717, 1.165) is 12.5 Å². The second-order valence-electron chi connectivity index (χ2n) is 4.37. The van der Waals surface area contributed by atoms with E-state index >= 15 is 0 Å². The third-order valence-corrected chi connectivity index (χ3v) is 3.11. The molecule has 20 heavy (non-hydrogen) atoms. The van der Waals surface area contributed by atoms with Crippen molar-refractivity contribution in [2.24, 2.45) is 0 Å². The number of rotatable bonds is 11. The summed E-state index contributed by atoms with van der Waals surface area (Å²) in [4.78, 5) is 0. The summed E-state index contributed by atoms with van der Waals surface area (Å²) in [5.74, 6) is 0. The molecule has 0 radical (unpaired) electrons. The van der Waals surface area contributed by atoms with E-state index < -0.39 is 32.4 Å². The minimum atomic E-state index is -3.48. The summed E-state index contributed by atoms with van der Waals surface area (Å²) in [5, 5.41) is 0. The summed E-state index contributed by atoms with van der Waals surface area (Å²) < 4.78 is 62.8. The van der Waals surface area contributed by atoms with Gasteiger partial charge in [0.1, 0.15) is 0 Å². The lowest BCUT2D eigenvalue weighted by atomic mass is 10.4. The lowest BCUT2D eigenvalue weighted by Crippen LogP contribution is -2.23. The fourth-order valence-corrected chi connectivity index (χ4v) is 2.57. The molecule has 0 aliphatic rings. The van der Waals surface area contributed by atoms with Crippen LogP contribution in [0.5, 0.6) is 0 Å². The van der Waals surface area contributed by atoms with Crippen LogP contribution in [0.2, 0.25) is 0 Å². The third-order valence-electron chi connectivity index (χ3n) is 1.76. The lowest BCUT2D eigenvalue weighted by Gasteiger charge is -2.13. The largest absolute Gasteiger partial charge is 0.376 e. The second kappa shape index (κ2) is 8.90. The highest BCUT2D eigenvalue weighted by Crippen LogP contribution is 1.99. The van der Waals surface area contributed by atoms with Crippen molar-refractivity contribution in [3.63, 3.8) is 0 Å². The summed E-state index contributed by atoms with van der Waals surface area (Å²) in [6.45, 7) is 3.86. The maximum Gasteiger partial charge on any atom is 0.264 e. The molecule has 0 heterocycles. The molecular weight excluding hydrogens is 312 g/mol. The summed E-state index contributed by atoms with van der Waals surface area (Å²) in [7, 11) is -6.97. The Balaban J connectivity index is 3.59. The first-order valence-electron chi connectivity index (χ1n) is 5.91. The van der Waals surface area contributed by atoms with Crippen LogP contribution in [0.3, 0.4) is 0 Å². The van der Waals surface area contributed by atoms with Crippen molar-refractivity contribution in [2.45, 2.75) is 26.1 Å². The van der Waals surface area contributed by atoms with Crippen molar-refractivity contribution >= 4 is 20.2 Å². The Morgan fingerprint density at radius 1 is 0.750 bits per heavy atom. The van der Waals surface area contributed by atoms with E-state index in [1.807, 2.05) is 0 Å². The second-order valence-corrected chi connectivity index (χ2v) is 7.57. The molecular formula is C10H22O8S2. The molecule has 0 saturated heterocycles. The van der Waals surface area contributed by atoms with Crippen LogP contribution in [-0.2, 0) is 38.1 Å². The first-order valence-corrected chi connectivity index (χ1v) is 9.55. The molecule has 122 valence electrons. The van der Waals surface area contributed by atoms with Gasteiger partial charge in [-0.25, -0.2) is 0 Å². The molecule has 2 unspecified atom stereocenters. The highest BCUT2D eigenvalue weighted by atomic mass is 32.2. The van der Waals surface area contributed by atoms with E-state index in [0.29, 0.717) is 0 Å². The first kappa shape index (κ1) is 19.7. The molecule has 10 heteroatoms. The average Bonchev–Trinajstić information content (AvgIpc) is 2.17. The summed E-state index contributed by atoms with van der Waals surface area (Å²) in [6.07, 6.45) is 0.793. The number of hydrogen-bond acceptors (Lipinski definition) is 8. The van der Waals surface area contributed by atoms with Gasteiger partial charge in [0.25, 0.3) is 20.2 Å². The fourth-order valence-electron chi connectivity index (χ4n) is 1.27. The predicted molar refractivity (Wildman–Crippen MR) is 72.4 cm³/mol. The van der Waals surface area contributed by atoms with Gasteiger partial charge in [-0.15, -0.1) is 0 Å². The van der Waals surface area contributed by atoms with Crippen molar-refractivity contribution in [1.82, 2.24) is 0 Å². The van der Waals surface area contributed by atoms with E-state index in [4.69, 9.17) is 9.47 Å². The van der Waals surface area contributed by atoms with Crippen molar-refractivity contribution in [1.29, 1.82) is 0 Å². The van der Waals surface area contributed by atoms with Gasteiger partial charge in [0.05, 0.1) is 51.1 Å². The summed E-state index contributed by atoms with van der Waals surface area (Å²) in [6, 6.07) is 0. The van der Waals surface area contributed by atoms with E-state index in [1.165, 1.54) is 0 Å². The van der Waals surface area contributed by atoms with Gasteiger partial charge in [-0.05, 0) is 13.8 Å². The SMILES string of the molecule is CC(COCCOCC(C)OS(C)(=O)=O)OS(C)(=O)=O. The molecule has 0 N–H and O–H groups in total. The minimum absolute atomic E-state index is 0.117. The van der Waals surface area contributed by atoms with E-state index in [1.54, 1.807) is 13.8 Å². The molecule has 0 rings (SSSR count). The molecule has 0 aliphatic carbocycles. The van der Waals surface area contributed by atoms with Crippen molar-refractivity contribution < 1.29 is 34.7 Å². The van der Waals surface area contributed by atoms with E-state index in [2.05, 4.69) is 8.37 Å². The van der Waals surface area contributed by atoms with Crippen LogP contribution in [0.1, 0.15) is 13.8 Å². The molecule has 0 aromatic rings. The highest BCUT2D eigenvalue weighted by Gasteiger charge is 2.11. The normalized spacial score (nSPS) is 16.0. The molecule has 0 aromatic heterocycles. The Labute approximate surface area is 120 Å². The summed E-state index contributed by atoms with van der Waals surface area (Å²) in [5.41, 5.74) is 0. The van der Waals surface area contributed by atoms with Crippen LogP contribution in [0, 0.1) is 0 Å². The molecule has 0 amide bonds. The molecule has 8 nitrogen and oxygen atoms in total. The summed E-state index contributed by atoms with van der Waals surface area (Å²) >= 11 is 0. The van der Waals surface area contributed by atoms with Gasteiger partial charge >= 0.3 is 0 Å². The van der Waals surface area contributed by atoms with Gasteiger partial charge in [0.2, 0.25) is 0 Å². The van der Waals surface area contributed by atoms with E-state index in [-0.39, 0.29) is 26.4 Å². The predicted octanol–water partition coefficient (Wildman–Crippen LogP) is -0.251. The maximum absolute atomic E-state index is 10.8. The van der Waals surface area contributed by atoms with Crippen LogP contribution >= 0.6 is 0 Å². The Kier molecular flexibility index (Phi) is 8.79. The molecule has 0 fully saturated rings. The number of hydrogen-bond donors (Lipinski definition) is 0. The molecule has 0 bridgehead atoms. The zero-order chi connectivity index (χ0) is 15.8. The Morgan fingerprint density at radius 3 is 1.30 bits per heavy atom. The minimum Gasteiger partial charge on any atom is -0.376 e. The highest BCUT2D eigenvalue weighted by molar-refractivity contribution is 7.86. The zero-order valence-corrected chi connectivity index (χ0v) is 13.7. The van der Waals surface area contributed by atoms with Gasteiger partial charge < -0.3 is 9.47 Å². The fraction of sp³-hybridized carbons (Fsp3) is 1.00. The first-order chi connectivity index (χ1) is 8.99. The quantitative estimate of drug-likeness (QED) is 0.376. The van der Waals surface area contributed by atoms with Crippen LogP contribution in [0.15, 0.2) is 0 Å². The van der Waals surface area contributed by atoms with Gasteiger partial charge in [0, 0.05) is 0 Å². The molecule has 0 aliphatic heterocycles. The topological polar surface area (TPSA) is 105 Å². The Hall–Kier alpha value is -0.260. The number of ether oxygens (including phenoxy) is 2. The van der Waals surface area contributed by atoms with Crippen LogP contribution in [-0.4, -0.2) is 68.0 Å². The van der Waals surface area contributed by atoms with Crippen LogP contribution in [0.25, 0.3) is 0 Å². The monoisotopic (exact) mass is 334 g/mol. The zero-order valence-electron chi connectivity index (χ0n) is 12.1. The van der Waals surface area contributed by atoms with Gasteiger partial charge in [-0.2, -0.15) is 16.8 Å². The van der Waals surface area contributed by atoms with Crippen molar-refractivity contribution in [2.75, 3.05) is 38.9 Å². The molecule has 0 saturated carbocycles. The van der Waals surface area contributed by atoms with Gasteiger partial charge in [-0.1, -0.05) is 0 Å². The van der Waals surface area contributed by atoms with Crippen molar-refractivity contribution in [3.8, 4) is 0 Å². The molecule has 2 atom stereocenters. The van der Waals surface area contributed by atoms with Crippen molar-refractivity contribution in [3.05, 3.63) is 0 Å². The van der Waals surface area contributed by atoms with Gasteiger partial charge in [-0.3, -0.25) is 8.37 Å². The molecule has 0 spiro atoms. The Bertz CT molecular complexity index is 412. The lowest BCUT2D eigenvalue weighted by molar-refractivity contribution is 0.000530. The van der Waals surface area contributed by atoms with Gasteiger partial charge in [0.15, 0.2) is 0 Å². The van der Waals surface area contributed by atoms with Crippen LogP contribution < -0.4 is 0 Å². The maximum atomic E-state index is 10.8. The standard InChI is InChI=1S/C10H22O8S2/c1-9(17-19(3,11)12)7-15-5-6-16-8-10(2)18-20(4,13)14/h9-10H,5-8H2,1-4H3. The molecule has 0 aromatic carbocycles. The average molecular weight is 334 g/mol. The van der Waals surface area contributed by atoms with Crippen LogP contribution in [0.4, 0.5) is 0 Å².